The largest absolute Gasteiger partial charge is 0.354 e. The zero-order valence-electron chi connectivity index (χ0n) is 10.2. The fourth-order valence-corrected chi connectivity index (χ4v) is 2.11. The molecule has 0 fully saturated rings. The maximum Gasteiger partial charge on any atom is 0.176 e. The number of rotatable bonds is 6. The van der Waals surface area contributed by atoms with Crippen LogP contribution in [0.25, 0.3) is 0 Å². The summed E-state index contributed by atoms with van der Waals surface area (Å²) in [6.07, 6.45) is -0.411. The average Bonchev–Trinajstić information content (AvgIpc) is 2.33. The van der Waals surface area contributed by atoms with Crippen LogP contribution in [-0.4, -0.2) is 27.1 Å². The molecule has 1 aromatic carbocycles. The van der Waals surface area contributed by atoms with Gasteiger partial charge in [-0.25, -0.2) is 0 Å². The number of halogens is 2. The molecular formula is C12H17Cl2NO2. The van der Waals surface area contributed by atoms with E-state index in [1.165, 1.54) is 0 Å². The number of hydrogen-bond acceptors (Lipinski definition) is 3. The van der Waals surface area contributed by atoms with Gasteiger partial charge in [0.05, 0.1) is 6.04 Å². The third kappa shape index (κ3) is 3.83. The molecule has 0 aromatic heterocycles. The van der Waals surface area contributed by atoms with Crippen molar-refractivity contribution in [1.29, 1.82) is 0 Å². The van der Waals surface area contributed by atoms with Gasteiger partial charge in [-0.3, -0.25) is 0 Å². The van der Waals surface area contributed by atoms with E-state index in [9.17, 15) is 0 Å². The summed E-state index contributed by atoms with van der Waals surface area (Å²) in [5.41, 5.74) is 0.870. The molecule has 96 valence electrons. The van der Waals surface area contributed by atoms with Gasteiger partial charge in [0.15, 0.2) is 6.29 Å². The van der Waals surface area contributed by atoms with Crippen LogP contribution in [0.3, 0.4) is 0 Å². The Hall–Kier alpha value is -0.320. The van der Waals surface area contributed by atoms with Crippen molar-refractivity contribution < 1.29 is 9.47 Å². The van der Waals surface area contributed by atoms with Crippen molar-refractivity contribution in [2.45, 2.75) is 19.3 Å². The average molecular weight is 278 g/mol. The van der Waals surface area contributed by atoms with Gasteiger partial charge in [-0.15, -0.1) is 0 Å². The predicted octanol–water partition coefficient (Wildman–Crippen LogP) is 3.26. The molecule has 0 bridgehead atoms. The van der Waals surface area contributed by atoms with Gasteiger partial charge in [0.25, 0.3) is 0 Å². The molecular weight excluding hydrogens is 261 g/mol. The standard InChI is InChI=1S/C12H17Cl2NO2/c1-4-15-11(12(16-2)17-3)9-7-8(13)5-6-10(9)14/h5-7,11-12,15H,4H2,1-3H3. The van der Waals surface area contributed by atoms with Gasteiger partial charge in [-0.05, 0) is 30.3 Å². The summed E-state index contributed by atoms with van der Waals surface area (Å²) < 4.78 is 10.6. The van der Waals surface area contributed by atoms with Gasteiger partial charge < -0.3 is 14.8 Å². The summed E-state index contributed by atoms with van der Waals surface area (Å²) in [6.45, 7) is 2.78. The quantitative estimate of drug-likeness (QED) is 0.810. The Kier molecular flexibility index (Phi) is 6.23. The molecule has 1 rings (SSSR count). The molecule has 1 unspecified atom stereocenters. The third-order valence-electron chi connectivity index (χ3n) is 2.45. The van der Waals surface area contributed by atoms with E-state index in [1.807, 2.05) is 13.0 Å². The van der Waals surface area contributed by atoms with Crippen molar-refractivity contribution in [3.63, 3.8) is 0 Å². The molecule has 1 atom stereocenters. The lowest BCUT2D eigenvalue weighted by Crippen LogP contribution is -2.34. The molecule has 0 aliphatic rings. The van der Waals surface area contributed by atoms with Crippen molar-refractivity contribution in [3.8, 4) is 0 Å². The second-order valence-corrected chi connectivity index (χ2v) is 4.38. The van der Waals surface area contributed by atoms with Crippen molar-refractivity contribution in [3.05, 3.63) is 33.8 Å². The summed E-state index contributed by atoms with van der Waals surface area (Å²) >= 11 is 12.2. The van der Waals surface area contributed by atoms with Crippen molar-refractivity contribution in [2.75, 3.05) is 20.8 Å². The number of methoxy groups -OCH3 is 2. The third-order valence-corrected chi connectivity index (χ3v) is 3.03. The maximum atomic E-state index is 6.17. The molecule has 0 saturated heterocycles. The van der Waals surface area contributed by atoms with E-state index in [2.05, 4.69) is 5.32 Å². The smallest absolute Gasteiger partial charge is 0.176 e. The maximum absolute atomic E-state index is 6.17. The minimum absolute atomic E-state index is 0.152. The first-order valence-electron chi connectivity index (χ1n) is 5.38. The number of ether oxygens (including phenoxy) is 2. The minimum atomic E-state index is -0.411. The molecule has 5 heteroatoms. The zero-order valence-corrected chi connectivity index (χ0v) is 11.7. The van der Waals surface area contributed by atoms with E-state index in [4.69, 9.17) is 32.7 Å². The normalized spacial score (nSPS) is 13.1. The van der Waals surface area contributed by atoms with E-state index >= 15 is 0 Å². The highest BCUT2D eigenvalue weighted by Gasteiger charge is 2.24. The van der Waals surface area contributed by atoms with E-state index in [1.54, 1.807) is 26.4 Å². The first kappa shape index (κ1) is 14.7. The van der Waals surface area contributed by atoms with Crippen molar-refractivity contribution in [1.82, 2.24) is 5.32 Å². The molecule has 0 radical (unpaired) electrons. The number of nitrogens with one attached hydrogen (secondary N) is 1. The Balaban J connectivity index is 3.07. The number of benzene rings is 1. The fraction of sp³-hybridized carbons (Fsp3) is 0.500. The lowest BCUT2D eigenvalue weighted by molar-refractivity contribution is -0.123. The highest BCUT2D eigenvalue weighted by molar-refractivity contribution is 6.33. The van der Waals surface area contributed by atoms with Crippen LogP contribution in [0.1, 0.15) is 18.5 Å². The van der Waals surface area contributed by atoms with Gasteiger partial charge in [0, 0.05) is 24.3 Å². The van der Waals surface area contributed by atoms with Crippen LogP contribution < -0.4 is 5.32 Å². The molecule has 0 aliphatic carbocycles. The van der Waals surface area contributed by atoms with Crippen LogP contribution in [0.15, 0.2) is 18.2 Å². The summed E-state index contributed by atoms with van der Waals surface area (Å²) in [4.78, 5) is 0. The van der Waals surface area contributed by atoms with Gasteiger partial charge in [-0.1, -0.05) is 30.1 Å². The van der Waals surface area contributed by atoms with Gasteiger partial charge in [0.2, 0.25) is 0 Å². The Morgan fingerprint density at radius 3 is 2.41 bits per heavy atom. The predicted molar refractivity (Wildman–Crippen MR) is 70.7 cm³/mol. The molecule has 0 spiro atoms. The zero-order chi connectivity index (χ0) is 12.8. The van der Waals surface area contributed by atoms with Crippen LogP contribution in [0, 0.1) is 0 Å². The first-order valence-corrected chi connectivity index (χ1v) is 6.13. The van der Waals surface area contributed by atoms with E-state index in [0.29, 0.717) is 10.0 Å². The van der Waals surface area contributed by atoms with Crippen LogP contribution in [0.4, 0.5) is 0 Å². The van der Waals surface area contributed by atoms with E-state index in [0.717, 1.165) is 12.1 Å². The Morgan fingerprint density at radius 2 is 1.88 bits per heavy atom. The fourth-order valence-electron chi connectivity index (χ4n) is 1.69. The van der Waals surface area contributed by atoms with Crippen molar-refractivity contribution in [2.24, 2.45) is 0 Å². The summed E-state index contributed by atoms with van der Waals surface area (Å²) in [5.74, 6) is 0. The lowest BCUT2D eigenvalue weighted by atomic mass is 10.1. The van der Waals surface area contributed by atoms with Gasteiger partial charge in [0.1, 0.15) is 0 Å². The molecule has 0 amide bonds. The van der Waals surface area contributed by atoms with Crippen LogP contribution >= 0.6 is 23.2 Å². The highest BCUT2D eigenvalue weighted by atomic mass is 35.5. The van der Waals surface area contributed by atoms with Crippen LogP contribution in [-0.2, 0) is 9.47 Å². The summed E-state index contributed by atoms with van der Waals surface area (Å²) in [7, 11) is 3.19. The van der Waals surface area contributed by atoms with Crippen LogP contribution in [0.5, 0.6) is 0 Å². The number of likely N-dealkylation sites (N-methyl/N-ethyl adjacent to an activating group) is 1. The SMILES string of the molecule is CCNC(c1cc(Cl)ccc1Cl)C(OC)OC. The molecule has 17 heavy (non-hydrogen) atoms. The van der Waals surface area contributed by atoms with Crippen molar-refractivity contribution >= 4 is 23.2 Å². The molecule has 1 aromatic rings. The highest BCUT2D eigenvalue weighted by Crippen LogP contribution is 2.29. The lowest BCUT2D eigenvalue weighted by Gasteiger charge is -2.26. The first-order chi connectivity index (χ1) is 8.13. The van der Waals surface area contributed by atoms with E-state index < -0.39 is 6.29 Å². The Morgan fingerprint density at radius 1 is 1.24 bits per heavy atom. The second kappa shape index (κ2) is 7.19. The van der Waals surface area contributed by atoms with Gasteiger partial charge in [-0.2, -0.15) is 0 Å². The molecule has 0 heterocycles. The molecule has 3 nitrogen and oxygen atoms in total. The molecule has 1 N–H and O–H groups in total. The number of hydrogen-bond donors (Lipinski definition) is 1. The topological polar surface area (TPSA) is 30.5 Å². The second-order valence-electron chi connectivity index (χ2n) is 3.54. The van der Waals surface area contributed by atoms with E-state index in [-0.39, 0.29) is 6.04 Å². The van der Waals surface area contributed by atoms with Crippen LogP contribution in [0.2, 0.25) is 10.0 Å². The Labute approximate surface area is 112 Å². The monoisotopic (exact) mass is 277 g/mol. The summed E-state index contributed by atoms with van der Waals surface area (Å²) in [6, 6.07) is 5.19. The summed E-state index contributed by atoms with van der Waals surface area (Å²) in [5, 5.41) is 4.55. The molecule has 0 aliphatic heterocycles. The molecule has 0 saturated carbocycles. The Bertz CT molecular complexity index is 356. The van der Waals surface area contributed by atoms with Gasteiger partial charge >= 0.3 is 0 Å². The minimum Gasteiger partial charge on any atom is -0.354 e.